The van der Waals surface area contributed by atoms with Crippen molar-refractivity contribution in [3.05, 3.63) is 0 Å². The predicted octanol–water partition coefficient (Wildman–Crippen LogP) is 0.766. The fourth-order valence-corrected chi connectivity index (χ4v) is 2.90. The lowest BCUT2D eigenvalue weighted by Gasteiger charge is -2.37. The van der Waals surface area contributed by atoms with Gasteiger partial charge in [-0.2, -0.15) is 0 Å². The average molecular weight is 211 g/mol. The van der Waals surface area contributed by atoms with Gasteiger partial charge in [-0.3, -0.25) is 4.90 Å². The van der Waals surface area contributed by atoms with E-state index in [0.717, 1.165) is 6.04 Å². The van der Waals surface area contributed by atoms with Crippen LogP contribution in [0.4, 0.5) is 0 Å². The fraction of sp³-hybridized carbons (Fsp3) is 1.00. The number of fused-ring (bicyclic) bond motifs is 1. The van der Waals surface area contributed by atoms with Crippen molar-refractivity contribution in [1.29, 1.82) is 0 Å². The molecule has 0 saturated carbocycles. The van der Waals surface area contributed by atoms with Gasteiger partial charge in [0.15, 0.2) is 0 Å². The van der Waals surface area contributed by atoms with E-state index in [-0.39, 0.29) is 0 Å². The van der Waals surface area contributed by atoms with E-state index >= 15 is 0 Å². The third-order valence-electron chi connectivity index (χ3n) is 3.82. The van der Waals surface area contributed by atoms with E-state index in [4.69, 9.17) is 0 Å². The van der Waals surface area contributed by atoms with E-state index in [1.54, 1.807) is 0 Å². The van der Waals surface area contributed by atoms with Crippen molar-refractivity contribution in [2.45, 2.75) is 31.7 Å². The van der Waals surface area contributed by atoms with E-state index in [1.807, 2.05) is 7.05 Å². The molecule has 2 heterocycles. The topological polar surface area (TPSA) is 18.5 Å². The van der Waals surface area contributed by atoms with E-state index in [9.17, 15) is 0 Å². The molecule has 2 fully saturated rings. The highest BCUT2D eigenvalue weighted by molar-refractivity contribution is 4.86. The zero-order chi connectivity index (χ0) is 10.5. The Morgan fingerprint density at radius 1 is 1.20 bits per heavy atom. The van der Waals surface area contributed by atoms with Crippen LogP contribution >= 0.6 is 0 Å². The summed E-state index contributed by atoms with van der Waals surface area (Å²) in [6.45, 7) is 7.79. The molecule has 0 aliphatic carbocycles. The van der Waals surface area contributed by atoms with Crippen molar-refractivity contribution in [2.24, 2.45) is 0 Å². The summed E-state index contributed by atoms with van der Waals surface area (Å²) in [4.78, 5) is 5.35. The van der Waals surface area contributed by atoms with Crippen LogP contribution in [-0.2, 0) is 0 Å². The molecule has 2 aliphatic heterocycles. The van der Waals surface area contributed by atoms with Crippen molar-refractivity contribution >= 4 is 0 Å². The second kappa shape index (κ2) is 5.83. The first-order valence-electron chi connectivity index (χ1n) is 6.51. The van der Waals surface area contributed by atoms with Crippen LogP contribution in [0, 0.1) is 0 Å². The van der Waals surface area contributed by atoms with Crippen molar-refractivity contribution in [2.75, 3.05) is 46.3 Å². The quantitative estimate of drug-likeness (QED) is 0.678. The summed E-state index contributed by atoms with van der Waals surface area (Å²) in [6.07, 6.45) is 5.54. The molecule has 15 heavy (non-hydrogen) atoms. The first kappa shape index (κ1) is 11.4. The summed E-state index contributed by atoms with van der Waals surface area (Å²) in [5, 5.41) is 3.22. The molecule has 1 atom stereocenters. The van der Waals surface area contributed by atoms with Gasteiger partial charge >= 0.3 is 0 Å². The number of nitrogens with one attached hydrogen (secondary N) is 1. The van der Waals surface area contributed by atoms with Crippen LogP contribution in [0.25, 0.3) is 0 Å². The second-order valence-corrected chi connectivity index (χ2v) is 4.94. The maximum absolute atomic E-state index is 3.22. The van der Waals surface area contributed by atoms with Gasteiger partial charge in [0.2, 0.25) is 0 Å². The molecule has 0 aromatic rings. The summed E-state index contributed by atoms with van der Waals surface area (Å²) in [5.74, 6) is 0. The van der Waals surface area contributed by atoms with Gasteiger partial charge in [0.25, 0.3) is 0 Å². The third-order valence-corrected chi connectivity index (χ3v) is 3.82. The summed E-state index contributed by atoms with van der Waals surface area (Å²) < 4.78 is 0. The lowest BCUT2D eigenvalue weighted by atomic mass is 10.1. The van der Waals surface area contributed by atoms with Crippen LogP contribution in [0.15, 0.2) is 0 Å². The molecule has 0 aromatic heterocycles. The van der Waals surface area contributed by atoms with Gasteiger partial charge in [-0.25, -0.2) is 0 Å². The molecule has 1 N–H and O–H groups in total. The van der Waals surface area contributed by atoms with E-state index in [2.05, 4.69) is 15.1 Å². The van der Waals surface area contributed by atoms with Crippen molar-refractivity contribution in [1.82, 2.24) is 15.1 Å². The highest BCUT2D eigenvalue weighted by Gasteiger charge is 2.29. The third kappa shape index (κ3) is 3.16. The Morgan fingerprint density at radius 3 is 3.00 bits per heavy atom. The highest BCUT2D eigenvalue weighted by atomic mass is 15.3. The Kier molecular flexibility index (Phi) is 4.42. The maximum atomic E-state index is 3.22. The van der Waals surface area contributed by atoms with Crippen LogP contribution in [0.2, 0.25) is 0 Å². The van der Waals surface area contributed by atoms with Gasteiger partial charge in [0, 0.05) is 25.7 Å². The SMILES string of the molecule is CNCCCCN1CCN2CCCC2C1. The van der Waals surface area contributed by atoms with E-state index in [1.165, 1.54) is 65.0 Å². The highest BCUT2D eigenvalue weighted by Crippen LogP contribution is 2.21. The molecule has 0 bridgehead atoms. The second-order valence-electron chi connectivity index (χ2n) is 4.94. The Balaban J connectivity index is 1.62. The van der Waals surface area contributed by atoms with Crippen LogP contribution < -0.4 is 5.32 Å². The Morgan fingerprint density at radius 2 is 2.13 bits per heavy atom. The Labute approximate surface area is 93.8 Å². The molecular formula is C12H25N3. The number of hydrogen-bond donors (Lipinski definition) is 1. The first-order valence-corrected chi connectivity index (χ1v) is 6.51. The van der Waals surface area contributed by atoms with Gasteiger partial charge in [-0.15, -0.1) is 0 Å². The smallest absolute Gasteiger partial charge is 0.0224 e. The van der Waals surface area contributed by atoms with Crippen LogP contribution in [-0.4, -0.2) is 62.2 Å². The minimum absolute atomic E-state index is 0.892. The number of hydrogen-bond acceptors (Lipinski definition) is 3. The molecular weight excluding hydrogens is 186 g/mol. The van der Waals surface area contributed by atoms with E-state index < -0.39 is 0 Å². The monoisotopic (exact) mass is 211 g/mol. The van der Waals surface area contributed by atoms with Crippen LogP contribution in [0.5, 0.6) is 0 Å². The summed E-state index contributed by atoms with van der Waals surface area (Å²) in [7, 11) is 2.04. The lowest BCUT2D eigenvalue weighted by molar-refractivity contribution is 0.103. The summed E-state index contributed by atoms with van der Waals surface area (Å²) >= 11 is 0. The van der Waals surface area contributed by atoms with Crippen molar-refractivity contribution in [3.63, 3.8) is 0 Å². The number of rotatable bonds is 5. The fourth-order valence-electron chi connectivity index (χ4n) is 2.90. The predicted molar refractivity (Wildman–Crippen MR) is 64.2 cm³/mol. The van der Waals surface area contributed by atoms with Crippen molar-refractivity contribution < 1.29 is 0 Å². The molecule has 2 saturated heterocycles. The number of unbranched alkanes of at least 4 members (excludes halogenated alkanes) is 1. The summed E-state index contributed by atoms with van der Waals surface area (Å²) in [5.41, 5.74) is 0. The molecule has 0 spiro atoms. The number of piperazine rings is 1. The molecule has 0 radical (unpaired) electrons. The molecule has 88 valence electrons. The van der Waals surface area contributed by atoms with Gasteiger partial charge in [0.05, 0.1) is 0 Å². The lowest BCUT2D eigenvalue weighted by Crippen LogP contribution is -2.50. The molecule has 0 aromatic carbocycles. The van der Waals surface area contributed by atoms with Gasteiger partial charge in [-0.1, -0.05) is 0 Å². The number of nitrogens with zero attached hydrogens (tertiary/aromatic N) is 2. The van der Waals surface area contributed by atoms with Crippen molar-refractivity contribution in [3.8, 4) is 0 Å². The molecule has 0 amide bonds. The molecule has 2 rings (SSSR count). The van der Waals surface area contributed by atoms with Gasteiger partial charge in [0.1, 0.15) is 0 Å². The first-order chi connectivity index (χ1) is 7.40. The van der Waals surface area contributed by atoms with E-state index in [0.29, 0.717) is 0 Å². The van der Waals surface area contributed by atoms with Gasteiger partial charge in [-0.05, 0) is 52.4 Å². The zero-order valence-corrected chi connectivity index (χ0v) is 10.0. The molecule has 3 nitrogen and oxygen atoms in total. The zero-order valence-electron chi connectivity index (χ0n) is 10.0. The van der Waals surface area contributed by atoms with Crippen LogP contribution in [0.1, 0.15) is 25.7 Å². The maximum Gasteiger partial charge on any atom is 0.0224 e. The minimum atomic E-state index is 0.892. The molecule has 3 heteroatoms. The normalized spacial score (nSPS) is 28.2. The Hall–Kier alpha value is -0.120. The van der Waals surface area contributed by atoms with Crippen LogP contribution in [0.3, 0.4) is 0 Å². The van der Waals surface area contributed by atoms with Gasteiger partial charge < -0.3 is 10.2 Å². The molecule has 2 aliphatic rings. The average Bonchev–Trinajstić information content (AvgIpc) is 2.71. The minimum Gasteiger partial charge on any atom is -0.320 e. The Bertz CT molecular complexity index is 184. The standard InChI is InChI=1S/C12H25N3/c1-13-6-2-3-7-14-9-10-15-8-4-5-12(15)11-14/h12-13H,2-11H2,1H3. The molecule has 1 unspecified atom stereocenters. The largest absolute Gasteiger partial charge is 0.320 e. The summed E-state index contributed by atoms with van der Waals surface area (Å²) in [6, 6.07) is 0.892.